The van der Waals surface area contributed by atoms with Gasteiger partial charge in [-0.15, -0.1) is 0 Å². The normalized spacial score (nSPS) is 10.8. The fourth-order valence-electron chi connectivity index (χ4n) is 1.59. The summed E-state index contributed by atoms with van der Waals surface area (Å²) in [6.45, 7) is 8.03. The number of hydrogen-bond donors (Lipinski definition) is 1. The first kappa shape index (κ1) is 13.5. The number of aliphatic hydroxyl groups is 1. The Morgan fingerprint density at radius 1 is 0.929 bits per heavy atom. The molecule has 0 aliphatic heterocycles. The highest BCUT2D eigenvalue weighted by Gasteiger charge is 2.11. The quantitative estimate of drug-likeness (QED) is 0.416. The molecule has 1 radical (unpaired) electrons. The first-order valence-electron chi connectivity index (χ1n) is 5.95. The number of allylic oxidation sites excluding steroid dienone is 1. The lowest BCUT2D eigenvalue weighted by molar-refractivity contribution is 0.386. The van der Waals surface area contributed by atoms with E-state index in [1.54, 1.807) is 0 Å². The van der Waals surface area contributed by atoms with Crippen LogP contribution in [0.25, 0.3) is 0 Å². The molecule has 0 amide bonds. The van der Waals surface area contributed by atoms with Crippen LogP contribution in [0.5, 0.6) is 0 Å². The standard InChI is InChI=1S/C13H25O/c1-4-6-8-10-13(12(3)14)11-9-7-5-2/h14H,3-11H2,1-2H3. The van der Waals surface area contributed by atoms with E-state index in [0.29, 0.717) is 5.76 Å². The zero-order valence-electron chi connectivity index (χ0n) is 9.81. The van der Waals surface area contributed by atoms with Gasteiger partial charge in [-0.05, 0) is 12.8 Å². The van der Waals surface area contributed by atoms with Crippen LogP contribution >= 0.6 is 0 Å². The van der Waals surface area contributed by atoms with Gasteiger partial charge in [0.25, 0.3) is 0 Å². The Bertz CT molecular complexity index is 130. The van der Waals surface area contributed by atoms with E-state index in [1.165, 1.54) is 44.4 Å². The lowest BCUT2D eigenvalue weighted by Gasteiger charge is -2.14. The summed E-state index contributed by atoms with van der Waals surface area (Å²) in [5, 5.41) is 9.38. The maximum absolute atomic E-state index is 9.38. The van der Waals surface area contributed by atoms with Gasteiger partial charge in [-0.1, -0.05) is 59.0 Å². The molecule has 1 heteroatoms. The van der Waals surface area contributed by atoms with Gasteiger partial charge in [-0.3, -0.25) is 0 Å². The van der Waals surface area contributed by atoms with Crippen LogP contribution in [0.2, 0.25) is 0 Å². The Balaban J connectivity index is 3.61. The third-order valence-electron chi connectivity index (χ3n) is 2.57. The number of aliphatic hydroxyl groups excluding tert-OH is 1. The fraction of sp³-hybridized carbons (Fsp3) is 0.769. The maximum Gasteiger partial charge on any atom is 0.0922 e. The minimum atomic E-state index is 0.317. The SMILES string of the molecule is C=C(O)[C](CCCCC)CCCCC. The molecular formula is C13H25O. The summed E-state index contributed by atoms with van der Waals surface area (Å²) in [5.74, 6) is 1.49. The molecule has 0 fully saturated rings. The molecule has 1 N–H and O–H groups in total. The Labute approximate surface area is 89.2 Å². The van der Waals surface area contributed by atoms with Gasteiger partial charge in [0.05, 0.1) is 5.76 Å². The Hall–Kier alpha value is -0.460. The van der Waals surface area contributed by atoms with Gasteiger partial charge in [0, 0.05) is 5.92 Å². The molecule has 0 spiro atoms. The van der Waals surface area contributed by atoms with Crippen molar-refractivity contribution in [1.29, 1.82) is 0 Å². The van der Waals surface area contributed by atoms with Crippen LogP contribution in [0.15, 0.2) is 12.3 Å². The van der Waals surface area contributed by atoms with Crippen molar-refractivity contribution in [2.24, 2.45) is 0 Å². The third kappa shape index (κ3) is 6.99. The predicted molar refractivity (Wildman–Crippen MR) is 63.3 cm³/mol. The maximum atomic E-state index is 9.38. The second kappa shape index (κ2) is 9.11. The van der Waals surface area contributed by atoms with Gasteiger partial charge in [-0.2, -0.15) is 0 Å². The minimum absolute atomic E-state index is 0.317. The third-order valence-corrected chi connectivity index (χ3v) is 2.57. The molecule has 0 aromatic heterocycles. The van der Waals surface area contributed by atoms with Crippen molar-refractivity contribution in [2.75, 3.05) is 0 Å². The van der Waals surface area contributed by atoms with Crippen molar-refractivity contribution in [3.8, 4) is 0 Å². The Morgan fingerprint density at radius 2 is 1.36 bits per heavy atom. The molecule has 0 heterocycles. The highest BCUT2D eigenvalue weighted by molar-refractivity contribution is 5.12. The van der Waals surface area contributed by atoms with E-state index < -0.39 is 0 Å². The molecule has 1 nitrogen and oxygen atoms in total. The van der Waals surface area contributed by atoms with Crippen LogP contribution in [0.3, 0.4) is 0 Å². The molecule has 0 aromatic carbocycles. The van der Waals surface area contributed by atoms with Crippen LogP contribution < -0.4 is 0 Å². The topological polar surface area (TPSA) is 20.2 Å². The van der Waals surface area contributed by atoms with E-state index >= 15 is 0 Å². The zero-order valence-corrected chi connectivity index (χ0v) is 9.81. The molecule has 0 rings (SSSR count). The number of hydrogen-bond acceptors (Lipinski definition) is 1. The van der Waals surface area contributed by atoms with Crippen LogP contribution in [0, 0.1) is 5.92 Å². The molecule has 0 bridgehead atoms. The molecule has 0 saturated carbocycles. The van der Waals surface area contributed by atoms with E-state index in [9.17, 15) is 5.11 Å². The average molecular weight is 197 g/mol. The largest absolute Gasteiger partial charge is 0.512 e. The van der Waals surface area contributed by atoms with Gasteiger partial charge >= 0.3 is 0 Å². The summed E-state index contributed by atoms with van der Waals surface area (Å²) in [6, 6.07) is 0. The van der Waals surface area contributed by atoms with Gasteiger partial charge in [0.2, 0.25) is 0 Å². The van der Waals surface area contributed by atoms with Crippen LogP contribution in [-0.2, 0) is 0 Å². The molecule has 0 aromatic rings. The van der Waals surface area contributed by atoms with Gasteiger partial charge in [0.15, 0.2) is 0 Å². The minimum Gasteiger partial charge on any atom is -0.512 e. The number of unbranched alkanes of at least 4 members (excludes halogenated alkanes) is 4. The van der Waals surface area contributed by atoms with Crippen molar-refractivity contribution >= 4 is 0 Å². The van der Waals surface area contributed by atoms with Crippen molar-refractivity contribution in [3.63, 3.8) is 0 Å². The van der Waals surface area contributed by atoms with Crippen molar-refractivity contribution in [1.82, 2.24) is 0 Å². The van der Waals surface area contributed by atoms with E-state index in [0.717, 1.165) is 12.8 Å². The lowest BCUT2D eigenvalue weighted by atomic mass is 9.94. The van der Waals surface area contributed by atoms with E-state index in [1.807, 2.05) is 0 Å². The molecule has 0 unspecified atom stereocenters. The van der Waals surface area contributed by atoms with E-state index in [2.05, 4.69) is 20.4 Å². The molecule has 0 aliphatic rings. The molecular weight excluding hydrogens is 172 g/mol. The van der Waals surface area contributed by atoms with Crippen molar-refractivity contribution < 1.29 is 5.11 Å². The average Bonchev–Trinajstić information content (AvgIpc) is 2.15. The summed E-state index contributed by atoms with van der Waals surface area (Å²) in [4.78, 5) is 0. The second-order valence-corrected chi connectivity index (χ2v) is 3.96. The Morgan fingerprint density at radius 3 is 1.64 bits per heavy atom. The monoisotopic (exact) mass is 197 g/mol. The fourth-order valence-corrected chi connectivity index (χ4v) is 1.59. The number of rotatable bonds is 9. The highest BCUT2D eigenvalue weighted by atomic mass is 16.3. The van der Waals surface area contributed by atoms with Crippen molar-refractivity contribution in [2.45, 2.75) is 65.2 Å². The molecule has 0 saturated heterocycles. The van der Waals surface area contributed by atoms with Gasteiger partial charge < -0.3 is 5.11 Å². The van der Waals surface area contributed by atoms with E-state index in [4.69, 9.17) is 0 Å². The molecule has 83 valence electrons. The summed E-state index contributed by atoms with van der Waals surface area (Å²) in [5.41, 5.74) is 0. The van der Waals surface area contributed by atoms with E-state index in [-0.39, 0.29) is 0 Å². The van der Waals surface area contributed by atoms with Gasteiger partial charge in [-0.25, -0.2) is 0 Å². The molecule has 14 heavy (non-hydrogen) atoms. The summed E-state index contributed by atoms with van der Waals surface area (Å²) in [7, 11) is 0. The first-order valence-corrected chi connectivity index (χ1v) is 5.95. The summed E-state index contributed by atoms with van der Waals surface area (Å²) in [6.07, 6.45) is 9.43. The Kier molecular flexibility index (Phi) is 8.81. The van der Waals surface area contributed by atoms with Gasteiger partial charge in [0.1, 0.15) is 0 Å². The molecule has 0 aliphatic carbocycles. The van der Waals surface area contributed by atoms with Crippen molar-refractivity contribution in [3.05, 3.63) is 18.3 Å². The predicted octanol–water partition coefficient (Wildman–Crippen LogP) is 4.79. The van der Waals surface area contributed by atoms with Crippen LogP contribution in [-0.4, -0.2) is 5.11 Å². The van der Waals surface area contributed by atoms with Crippen LogP contribution in [0.4, 0.5) is 0 Å². The first-order chi connectivity index (χ1) is 6.72. The lowest BCUT2D eigenvalue weighted by Crippen LogP contribution is -2.00. The van der Waals surface area contributed by atoms with Crippen LogP contribution in [0.1, 0.15) is 65.2 Å². The second-order valence-electron chi connectivity index (χ2n) is 3.96. The summed E-state index contributed by atoms with van der Waals surface area (Å²) < 4.78 is 0. The molecule has 0 atom stereocenters. The zero-order chi connectivity index (χ0) is 10.8. The smallest absolute Gasteiger partial charge is 0.0922 e. The summed E-state index contributed by atoms with van der Waals surface area (Å²) >= 11 is 0. The highest BCUT2D eigenvalue weighted by Crippen LogP contribution is 2.24.